The van der Waals surface area contributed by atoms with Crippen molar-refractivity contribution in [1.82, 2.24) is 24.4 Å². The van der Waals surface area contributed by atoms with Gasteiger partial charge >= 0.3 is 0 Å². The number of hydrogen-bond donors (Lipinski definition) is 0. The Bertz CT molecular complexity index is 3900. The lowest BCUT2D eigenvalue weighted by Gasteiger charge is -2.33. The molecule has 13 rings (SSSR count). The molecular weight excluding hydrogens is 1110 g/mol. The summed E-state index contributed by atoms with van der Waals surface area (Å²) in [5.74, 6) is 0. The highest BCUT2D eigenvalue weighted by atomic mass is 15.4. The minimum absolute atomic E-state index is 0.295. The van der Waals surface area contributed by atoms with Crippen molar-refractivity contribution in [3.05, 3.63) is 289 Å². The highest BCUT2D eigenvalue weighted by Gasteiger charge is 2.28. The summed E-state index contributed by atoms with van der Waals surface area (Å²) in [5.41, 5.74) is 22.4. The third kappa shape index (κ3) is 15.1. The van der Waals surface area contributed by atoms with Crippen LogP contribution in [0.4, 0.5) is 28.4 Å². The van der Waals surface area contributed by atoms with Gasteiger partial charge in [0.05, 0.1) is 17.5 Å². The molecule has 0 N–H and O–H groups in total. The van der Waals surface area contributed by atoms with E-state index in [9.17, 15) is 0 Å². The second-order valence-corrected chi connectivity index (χ2v) is 24.6. The quantitative estimate of drug-likeness (QED) is 0.132. The van der Waals surface area contributed by atoms with Gasteiger partial charge in [0.15, 0.2) is 7.05 Å². The number of benzene rings is 7. The number of hydrogen-bond acceptors (Lipinski definition) is 9. The molecule has 4 aliphatic rings. The summed E-state index contributed by atoms with van der Waals surface area (Å²) in [6.07, 6.45) is 23.1. The molecule has 11 nitrogen and oxygen atoms in total. The first-order valence-corrected chi connectivity index (χ1v) is 32.1. The number of para-hydroxylation sites is 5. The SMILES string of the molecule is Cc1cc(C)c(-n2cc(-c3c(C)cccc3-c3ccccc3)c[n+]2C)c(C)n1.Cc1ccccc1N1C=CN(C(C)C)[C@H]1C.Cc1ccccc1N1C=CN(C)[C@H]1C.Cc1ccccc1N1C=CN(C)[C@H]1C.Cc1ccccc1N1C=CN(c2ccccc2)[C@H]1C. The van der Waals surface area contributed by atoms with Gasteiger partial charge in [0.2, 0.25) is 6.20 Å². The highest BCUT2D eigenvalue weighted by Crippen LogP contribution is 2.36. The fourth-order valence-electron chi connectivity index (χ4n) is 12.5. The van der Waals surface area contributed by atoms with Gasteiger partial charge in [0, 0.05) is 109 Å². The second kappa shape index (κ2) is 29.7. The molecule has 7 aromatic carbocycles. The third-order valence-electron chi connectivity index (χ3n) is 17.8. The van der Waals surface area contributed by atoms with Gasteiger partial charge in [-0.15, -0.1) is 9.36 Å². The molecule has 0 saturated heterocycles. The zero-order chi connectivity index (χ0) is 65.0. The number of aromatic nitrogens is 3. The number of aryl methyl sites for hydroxylation is 9. The van der Waals surface area contributed by atoms with Gasteiger partial charge in [0.1, 0.15) is 30.4 Å². The Morgan fingerprint density at radius 3 is 1.24 bits per heavy atom. The van der Waals surface area contributed by atoms with Crippen LogP contribution in [-0.2, 0) is 7.05 Å². The topological polar surface area (TPSA) is 47.6 Å². The van der Waals surface area contributed by atoms with Crippen LogP contribution in [0.1, 0.15) is 86.3 Å². The summed E-state index contributed by atoms with van der Waals surface area (Å²) in [5, 5.41) is 0. The molecule has 0 fully saturated rings. The number of rotatable bonds is 9. The van der Waals surface area contributed by atoms with E-state index in [1.54, 1.807) is 0 Å². The van der Waals surface area contributed by atoms with Crippen molar-refractivity contribution in [3.63, 3.8) is 0 Å². The molecule has 0 spiro atoms. The lowest BCUT2D eigenvalue weighted by Crippen LogP contribution is -2.39. The Kier molecular flexibility index (Phi) is 21.5. The van der Waals surface area contributed by atoms with Crippen molar-refractivity contribution >= 4 is 28.4 Å². The molecule has 9 aromatic rings. The maximum atomic E-state index is 4.68. The first-order chi connectivity index (χ1) is 43.7. The Hall–Kier alpha value is -9.74. The minimum atomic E-state index is 0.295. The van der Waals surface area contributed by atoms with E-state index >= 15 is 0 Å². The Morgan fingerprint density at radius 2 is 0.802 bits per heavy atom. The zero-order valence-corrected chi connectivity index (χ0v) is 56.9. The maximum Gasteiger partial charge on any atom is 0.203 e. The highest BCUT2D eigenvalue weighted by molar-refractivity contribution is 5.85. The largest absolute Gasteiger partial charge is 0.359 e. The molecule has 0 unspecified atom stereocenters. The molecule has 4 atom stereocenters. The molecule has 2 aromatic heterocycles. The van der Waals surface area contributed by atoms with Crippen LogP contribution < -0.4 is 29.2 Å². The summed E-state index contributed by atoms with van der Waals surface area (Å²) in [4.78, 5) is 22.9. The fourth-order valence-corrected chi connectivity index (χ4v) is 12.5. The van der Waals surface area contributed by atoms with E-state index in [1.807, 2.05) is 13.0 Å². The average molecular weight is 1210 g/mol. The molecule has 0 radical (unpaired) electrons. The summed E-state index contributed by atoms with van der Waals surface area (Å²) in [6, 6.07) is 64.3. The molecule has 0 amide bonds. The van der Waals surface area contributed by atoms with Crippen LogP contribution >= 0.6 is 0 Å². The summed E-state index contributed by atoms with van der Waals surface area (Å²) in [7, 11) is 6.28. The van der Waals surface area contributed by atoms with Crippen molar-refractivity contribution in [2.75, 3.05) is 38.6 Å². The predicted octanol–water partition coefficient (Wildman–Crippen LogP) is 17.9. The molecule has 91 heavy (non-hydrogen) atoms. The standard InChI is InChI=1S/C25H26N3.C17H18N2.C14H20N2.2C12H16N2/c1-17-10-9-13-23(21-11-7-6-8-12-21)24(17)22-15-27(5)28(16-22)25-18(2)14-19(3)26-20(25)4;1-14-8-6-7-11-17(14)19-13-12-18(15(19)2)16-9-4-3-5-10-16;1-11(2)15-9-10-16(13(15)4)14-8-6-5-7-12(14)3;2*1-10-6-4-5-7-12(10)14-9-8-13(3)11(14)2/h6-16H,1-5H3;3-13,15H,1-2H3;5-11,13H,1-4H3;2*4-9,11H,1-3H3/q+1;;;;/t;15-;13-;2*11-/m.1111/s1. The van der Waals surface area contributed by atoms with E-state index in [-0.39, 0.29) is 0 Å². The second-order valence-electron chi connectivity index (χ2n) is 24.6. The van der Waals surface area contributed by atoms with E-state index in [2.05, 4.69) is 403 Å². The fraction of sp³-hybridized carbons (Fsp3) is 0.275. The van der Waals surface area contributed by atoms with Crippen molar-refractivity contribution in [1.29, 1.82) is 0 Å². The molecule has 0 saturated carbocycles. The first kappa shape index (κ1) is 65.7. The Balaban J connectivity index is 0.000000139. The Morgan fingerprint density at radius 1 is 0.396 bits per heavy atom. The van der Waals surface area contributed by atoms with Gasteiger partial charge in [0.25, 0.3) is 0 Å². The van der Waals surface area contributed by atoms with Gasteiger partial charge in [-0.05, 0) is 184 Å². The molecule has 6 heterocycles. The summed E-state index contributed by atoms with van der Waals surface area (Å²) < 4.78 is 4.34. The summed E-state index contributed by atoms with van der Waals surface area (Å²) >= 11 is 0. The molecule has 470 valence electrons. The number of pyridine rings is 1. The normalized spacial score (nSPS) is 17.0. The van der Waals surface area contributed by atoms with Crippen molar-refractivity contribution in [3.8, 4) is 27.9 Å². The average Bonchev–Trinajstić information content (AvgIpc) is 2.01. The monoisotopic (exact) mass is 1210 g/mol. The molecule has 11 heteroatoms. The zero-order valence-electron chi connectivity index (χ0n) is 56.9. The maximum absolute atomic E-state index is 4.68. The van der Waals surface area contributed by atoms with E-state index in [0.717, 1.165) is 17.1 Å². The van der Waals surface area contributed by atoms with Crippen LogP contribution in [0.2, 0.25) is 0 Å². The molecule has 0 bridgehead atoms. The van der Waals surface area contributed by atoms with Crippen molar-refractivity contribution in [2.24, 2.45) is 7.05 Å². The van der Waals surface area contributed by atoms with E-state index in [4.69, 9.17) is 0 Å². The Labute approximate surface area is 544 Å². The van der Waals surface area contributed by atoms with Crippen LogP contribution in [0.3, 0.4) is 0 Å². The van der Waals surface area contributed by atoms with Crippen LogP contribution in [0.15, 0.2) is 244 Å². The smallest absolute Gasteiger partial charge is 0.203 e. The van der Waals surface area contributed by atoms with E-state index in [1.165, 1.54) is 84.1 Å². The van der Waals surface area contributed by atoms with Crippen molar-refractivity contribution in [2.45, 2.75) is 128 Å². The molecular formula is C80H96N11+. The third-order valence-corrected chi connectivity index (χ3v) is 17.8. The van der Waals surface area contributed by atoms with Crippen LogP contribution in [-0.4, -0.2) is 69.2 Å². The van der Waals surface area contributed by atoms with Gasteiger partial charge in [-0.1, -0.05) is 140 Å². The molecule has 4 aliphatic heterocycles. The summed E-state index contributed by atoms with van der Waals surface area (Å²) in [6.45, 7) is 30.4. The van der Waals surface area contributed by atoms with Crippen LogP contribution in [0, 0.1) is 55.4 Å². The predicted molar refractivity (Wildman–Crippen MR) is 385 cm³/mol. The van der Waals surface area contributed by atoms with Crippen LogP contribution in [0.25, 0.3) is 27.9 Å². The lowest BCUT2D eigenvalue weighted by atomic mass is 9.92. The van der Waals surface area contributed by atoms with Gasteiger partial charge in [-0.2, -0.15) is 0 Å². The minimum Gasteiger partial charge on any atom is -0.359 e. The lowest BCUT2D eigenvalue weighted by molar-refractivity contribution is -0.744. The number of nitrogens with zero attached hydrogens (tertiary/aromatic N) is 11. The van der Waals surface area contributed by atoms with E-state index < -0.39 is 0 Å². The van der Waals surface area contributed by atoms with E-state index in [0.29, 0.717) is 30.7 Å². The van der Waals surface area contributed by atoms with Gasteiger partial charge in [-0.3, -0.25) is 4.98 Å². The first-order valence-electron chi connectivity index (χ1n) is 32.1. The molecule has 0 aliphatic carbocycles. The van der Waals surface area contributed by atoms with Crippen LogP contribution in [0.5, 0.6) is 0 Å². The van der Waals surface area contributed by atoms with Crippen molar-refractivity contribution < 1.29 is 4.68 Å². The van der Waals surface area contributed by atoms with Gasteiger partial charge in [-0.25, -0.2) is 0 Å². The van der Waals surface area contributed by atoms with Gasteiger partial charge < -0.3 is 39.2 Å². The number of anilines is 5.